The van der Waals surface area contributed by atoms with Crippen molar-refractivity contribution in [1.82, 2.24) is 4.90 Å². The van der Waals surface area contributed by atoms with Crippen molar-refractivity contribution in [2.45, 2.75) is 38.5 Å². The molecule has 148 valence electrons. The standard InChI is InChI=1S/C22H28N4OS/c23-22(20-6-4-15-28-20)24-18-8-9-19-17(16-18)7-10-21(27)26(19)14-5-13-25-11-2-1-3-12-25/h4,6,8-9,15-16H,1-3,5,7,10-14H2,(H2,23,24). The number of hydrogen-bond acceptors (Lipinski definition) is 4. The average Bonchev–Trinajstić information content (AvgIpc) is 3.25. The molecule has 3 heterocycles. The van der Waals surface area contributed by atoms with E-state index in [1.165, 1.54) is 37.9 Å². The third-order valence-corrected chi connectivity index (χ3v) is 6.48. The summed E-state index contributed by atoms with van der Waals surface area (Å²) in [4.78, 5) is 22.6. The Labute approximate surface area is 170 Å². The van der Waals surface area contributed by atoms with Crippen molar-refractivity contribution in [1.29, 1.82) is 0 Å². The molecule has 1 aromatic heterocycles. The molecule has 0 radical (unpaired) electrons. The van der Waals surface area contributed by atoms with Gasteiger partial charge in [-0.05, 0) is 80.5 Å². The van der Waals surface area contributed by atoms with Crippen LogP contribution in [0.3, 0.4) is 0 Å². The largest absolute Gasteiger partial charge is 0.383 e. The van der Waals surface area contributed by atoms with Crippen molar-refractivity contribution in [2.75, 3.05) is 31.1 Å². The summed E-state index contributed by atoms with van der Waals surface area (Å²) in [6, 6.07) is 10.0. The van der Waals surface area contributed by atoms with Gasteiger partial charge in [-0.1, -0.05) is 12.5 Å². The SMILES string of the molecule is NC(=Nc1ccc2c(c1)CCC(=O)N2CCCN1CCCCC1)c1cccs1. The van der Waals surface area contributed by atoms with Gasteiger partial charge in [-0.15, -0.1) is 11.3 Å². The summed E-state index contributed by atoms with van der Waals surface area (Å²) in [7, 11) is 0. The molecule has 0 bridgehead atoms. The van der Waals surface area contributed by atoms with Crippen LogP contribution in [-0.2, 0) is 11.2 Å². The highest BCUT2D eigenvalue weighted by Gasteiger charge is 2.24. The molecule has 1 fully saturated rings. The van der Waals surface area contributed by atoms with Gasteiger partial charge in [0.2, 0.25) is 5.91 Å². The van der Waals surface area contributed by atoms with E-state index < -0.39 is 0 Å². The van der Waals surface area contributed by atoms with E-state index in [0.717, 1.165) is 42.2 Å². The van der Waals surface area contributed by atoms with E-state index >= 15 is 0 Å². The summed E-state index contributed by atoms with van der Waals surface area (Å²) in [5.41, 5.74) is 9.22. The van der Waals surface area contributed by atoms with Crippen LogP contribution >= 0.6 is 11.3 Å². The summed E-state index contributed by atoms with van der Waals surface area (Å²) in [5.74, 6) is 0.778. The molecule has 1 aromatic carbocycles. The number of aliphatic imine (C=N–C) groups is 1. The Morgan fingerprint density at radius 1 is 1.11 bits per heavy atom. The molecule has 0 spiro atoms. The van der Waals surface area contributed by atoms with Crippen molar-refractivity contribution < 1.29 is 4.79 Å². The highest BCUT2D eigenvalue weighted by Crippen LogP contribution is 2.31. The molecular weight excluding hydrogens is 368 g/mol. The summed E-state index contributed by atoms with van der Waals surface area (Å²) >= 11 is 1.59. The van der Waals surface area contributed by atoms with E-state index in [1.807, 2.05) is 34.5 Å². The van der Waals surface area contributed by atoms with Gasteiger partial charge in [-0.3, -0.25) is 4.79 Å². The number of thiophene rings is 1. The Morgan fingerprint density at radius 2 is 1.96 bits per heavy atom. The van der Waals surface area contributed by atoms with Crippen molar-refractivity contribution in [3.8, 4) is 0 Å². The van der Waals surface area contributed by atoms with E-state index in [9.17, 15) is 4.79 Å². The maximum absolute atomic E-state index is 12.5. The normalized spacial score (nSPS) is 18.4. The van der Waals surface area contributed by atoms with Crippen LogP contribution in [0.2, 0.25) is 0 Å². The number of rotatable bonds is 6. The second-order valence-electron chi connectivity index (χ2n) is 7.59. The van der Waals surface area contributed by atoms with E-state index in [2.05, 4.69) is 16.0 Å². The maximum atomic E-state index is 12.5. The van der Waals surface area contributed by atoms with Crippen LogP contribution in [0, 0.1) is 0 Å². The molecule has 2 aliphatic heterocycles. The second-order valence-corrected chi connectivity index (χ2v) is 8.54. The lowest BCUT2D eigenvalue weighted by Gasteiger charge is -2.31. The number of hydrogen-bond donors (Lipinski definition) is 1. The lowest BCUT2D eigenvalue weighted by atomic mass is 10.00. The first-order valence-electron chi connectivity index (χ1n) is 10.2. The molecule has 2 aromatic rings. The lowest BCUT2D eigenvalue weighted by molar-refractivity contribution is -0.118. The maximum Gasteiger partial charge on any atom is 0.227 e. The molecule has 6 heteroatoms. The first kappa shape index (κ1) is 19.2. The number of nitrogens with two attached hydrogens (primary N) is 1. The van der Waals surface area contributed by atoms with Gasteiger partial charge in [0.25, 0.3) is 0 Å². The van der Waals surface area contributed by atoms with Gasteiger partial charge in [0.15, 0.2) is 0 Å². The second kappa shape index (κ2) is 8.88. The third-order valence-electron chi connectivity index (χ3n) is 5.59. The van der Waals surface area contributed by atoms with Gasteiger partial charge in [-0.25, -0.2) is 4.99 Å². The molecule has 4 rings (SSSR count). The highest BCUT2D eigenvalue weighted by atomic mass is 32.1. The van der Waals surface area contributed by atoms with Crippen LogP contribution < -0.4 is 10.6 Å². The number of anilines is 1. The Balaban J connectivity index is 1.44. The number of amidine groups is 1. The number of fused-ring (bicyclic) bond motifs is 1. The Hall–Kier alpha value is -2.18. The molecule has 0 unspecified atom stereocenters. The quantitative estimate of drug-likeness (QED) is 0.594. The first-order chi connectivity index (χ1) is 13.7. The summed E-state index contributed by atoms with van der Waals surface area (Å²) < 4.78 is 0. The Kier molecular flexibility index (Phi) is 6.07. The number of amides is 1. The van der Waals surface area contributed by atoms with E-state index in [1.54, 1.807) is 11.3 Å². The van der Waals surface area contributed by atoms with Crippen molar-refractivity contribution in [3.05, 3.63) is 46.2 Å². The first-order valence-corrected chi connectivity index (χ1v) is 11.1. The van der Waals surface area contributed by atoms with Gasteiger partial charge in [0.1, 0.15) is 5.84 Å². The van der Waals surface area contributed by atoms with Gasteiger partial charge in [0.05, 0.1) is 10.6 Å². The van der Waals surface area contributed by atoms with E-state index in [4.69, 9.17) is 5.73 Å². The molecular formula is C22H28N4OS. The number of carbonyl (C=O) groups excluding carboxylic acids is 1. The fraction of sp³-hybridized carbons (Fsp3) is 0.455. The number of aryl methyl sites for hydroxylation is 1. The number of carbonyl (C=O) groups is 1. The fourth-order valence-corrected chi connectivity index (χ4v) is 4.74. The topological polar surface area (TPSA) is 61.9 Å². The van der Waals surface area contributed by atoms with Gasteiger partial charge in [0, 0.05) is 18.7 Å². The zero-order valence-electron chi connectivity index (χ0n) is 16.3. The Morgan fingerprint density at radius 3 is 2.75 bits per heavy atom. The summed E-state index contributed by atoms with van der Waals surface area (Å²) in [6.45, 7) is 4.29. The molecule has 1 saturated heterocycles. The van der Waals surface area contributed by atoms with Crippen LogP contribution in [0.15, 0.2) is 40.7 Å². The summed E-state index contributed by atoms with van der Waals surface area (Å²) in [5, 5.41) is 2.00. The zero-order chi connectivity index (χ0) is 19.3. The van der Waals surface area contributed by atoms with Crippen LogP contribution in [-0.4, -0.2) is 42.8 Å². The van der Waals surface area contributed by atoms with Crippen molar-refractivity contribution in [2.24, 2.45) is 10.7 Å². The number of likely N-dealkylation sites (tertiary alicyclic amines) is 1. The molecule has 2 aliphatic rings. The molecule has 5 nitrogen and oxygen atoms in total. The molecule has 0 aliphatic carbocycles. The van der Waals surface area contributed by atoms with Crippen LogP contribution in [0.5, 0.6) is 0 Å². The van der Waals surface area contributed by atoms with Gasteiger partial charge in [-0.2, -0.15) is 0 Å². The average molecular weight is 397 g/mol. The summed E-state index contributed by atoms with van der Waals surface area (Å²) in [6.07, 6.45) is 6.35. The van der Waals surface area contributed by atoms with Gasteiger partial charge >= 0.3 is 0 Å². The minimum Gasteiger partial charge on any atom is -0.383 e. The number of nitrogens with zero attached hydrogens (tertiary/aromatic N) is 3. The van der Waals surface area contributed by atoms with E-state index in [0.29, 0.717) is 12.3 Å². The van der Waals surface area contributed by atoms with Gasteiger partial charge < -0.3 is 15.5 Å². The van der Waals surface area contributed by atoms with Crippen LogP contribution in [0.25, 0.3) is 0 Å². The third kappa shape index (κ3) is 4.45. The zero-order valence-corrected chi connectivity index (χ0v) is 17.1. The minimum atomic E-state index is 0.237. The fourth-order valence-electron chi connectivity index (χ4n) is 4.12. The Bertz CT molecular complexity index is 840. The van der Waals surface area contributed by atoms with Crippen LogP contribution in [0.4, 0.5) is 11.4 Å². The van der Waals surface area contributed by atoms with E-state index in [-0.39, 0.29) is 5.91 Å². The van der Waals surface area contributed by atoms with Crippen LogP contribution in [0.1, 0.15) is 42.5 Å². The monoisotopic (exact) mass is 396 g/mol. The molecule has 2 N–H and O–H groups in total. The predicted octanol–water partition coefficient (Wildman–Crippen LogP) is 3.94. The van der Waals surface area contributed by atoms with Crippen molar-refractivity contribution >= 4 is 34.5 Å². The molecule has 0 saturated carbocycles. The molecule has 0 atom stereocenters. The number of piperidine rings is 1. The minimum absolute atomic E-state index is 0.237. The molecule has 1 amide bonds. The molecule has 28 heavy (non-hydrogen) atoms. The lowest BCUT2D eigenvalue weighted by Crippen LogP contribution is -2.38. The number of benzene rings is 1. The predicted molar refractivity (Wildman–Crippen MR) is 117 cm³/mol. The van der Waals surface area contributed by atoms with Crippen molar-refractivity contribution in [3.63, 3.8) is 0 Å². The highest BCUT2D eigenvalue weighted by molar-refractivity contribution is 7.12. The smallest absolute Gasteiger partial charge is 0.227 e.